The number of anilines is 1. The lowest BCUT2D eigenvalue weighted by atomic mass is 10.4. The summed E-state index contributed by atoms with van der Waals surface area (Å²) in [4.78, 5) is 2.67. The predicted molar refractivity (Wildman–Crippen MR) is 61.0 cm³/mol. The van der Waals surface area contributed by atoms with E-state index in [0.717, 1.165) is 16.7 Å². The quantitative estimate of drug-likeness (QED) is 0.873. The number of hydrogen-bond donors (Lipinski definition) is 1. The molecule has 0 aliphatic heterocycles. The van der Waals surface area contributed by atoms with Crippen molar-refractivity contribution in [3.8, 4) is 0 Å². The van der Waals surface area contributed by atoms with Crippen molar-refractivity contribution in [1.29, 1.82) is 0 Å². The number of thiophene rings is 1. The van der Waals surface area contributed by atoms with Crippen molar-refractivity contribution in [3.05, 3.63) is 26.9 Å². The summed E-state index contributed by atoms with van der Waals surface area (Å²) >= 11 is 3.39. The molecule has 14 heavy (non-hydrogen) atoms. The second kappa shape index (κ2) is 4.06. The second-order valence-corrected chi connectivity index (χ2v) is 5.55. The lowest BCUT2D eigenvalue weighted by Crippen LogP contribution is -1.96. The Morgan fingerprint density at radius 1 is 1.21 bits per heavy atom. The van der Waals surface area contributed by atoms with Gasteiger partial charge >= 0.3 is 0 Å². The van der Waals surface area contributed by atoms with Crippen molar-refractivity contribution in [2.45, 2.75) is 20.4 Å². The third-order valence-corrected chi connectivity index (χ3v) is 3.53. The van der Waals surface area contributed by atoms with Crippen LogP contribution in [0.25, 0.3) is 0 Å². The van der Waals surface area contributed by atoms with E-state index in [1.165, 1.54) is 9.75 Å². The fraction of sp³-hybridized carbons (Fsp3) is 0.333. The van der Waals surface area contributed by atoms with Gasteiger partial charge in [-0.15, -0.1) is 21.5 Å². The fourth-order valence-electron chi connectivity index (χ4n) is 1.11. The van der Waals surface area contributed by atoms with E-state index in [0.29, 0.717) is 0 Å². The van der Waals surface area contributed by atoms with Crippen LogP contribution in [0.4, 0.5) is 5.13 Å². The highest BCUT2D eigenvalue weighted by Gasteiger charge is 2.00. The molecule has 74 valence electrons. The molecule has 0 saturated carbocycles. The molecule has 2 aromatic rings. The van der Waals surface area contributed by atoms with Gasteiger partial charge in [0, 0.05) is 9.75 Å². The van der Waals surface area contributed by atoms with Crippen molar-refractivity contribution < 1.29 is 0 Å². The van der Waals surface area contributed by atoms with Crippen LogP contribution in [0.15, 0.2) is 12.1 Å². The third kappa shape index (κ3) is 2.30. The van der Waals surface area contributed by atoms with Gasteiger partial charge in [0.15, 0.2) is 0 Å². The van der Waals surface area contributed by atoms with Crippen molar-refractivity contribution in [2.24, 2.45) is 0 Å². The van der Waals surface area contributed by atoms with Gasteiger partial charge in [-0.25, -0.2) is 0 Å². The van der Waals surface area contributed by atoms with E-state index in [4.69, 9.17) is 0 Å². The highest BCUT2D eigenvalue weighted by atomic mass is 32.1. The van der Waals surface area contributed by atoms with Gasteiger partial charge < -0.3 is 5.32 Å². The molecular formula is C9H11N3S2. The standard InChI is InChI=1S/C9H11N3S2/c1-6-3-4-8(13-6)5-10-9-12-11-7(2)14-9/h3-4H,5H2,1-2H3,(H,10,12). The molecule has 0 aliphatic rings. The number of nitrogens with one attached hydrogen (secondary N) is 1. The number of aromatic nitrogens is 2. The monoisotopic (exact) mass is 225 g/mol. The van der Waals surface area contributed by atoms with Crippen LogP contribution in [-0.2, 0) is 6.54 Å². The average Bonchev–Trinajstić information content (AvgIpc) is 2.72. The molecule has 2 heterocycles. The summed E-state index contributed by atoms with van der Waals surface area (Å²) in [5.41, 5.74) is 0. The molecule has 0 radical (unpaired) electrons. The molecule has 1 N–H and O–H groups in total. The summed E-state index contributed by atoms with van der Waals surface area (Å²) in [5, 5.41) is 13.1. The van der Waals surface area contributed by atoms with E-state index in [1.54, 1.807) is 11.3 Å². The maximum Gasteiger partial charge on any atom is 0.205 e. The van der Waals surface area contributed by atoms with Gasteiger partial charge in [-0.2, -0.15) is 0 Å². The van der Waals surface area contributed by atoms with Gasteiger partial charge in [0.1, 0.15) is 5.01 Å². The van der Waals surface area contributed by atoms with Gasteiger partial charge in [0.2, 0.25) is 5.13 Å². The number of hydrogen-bond acceptors (Lipinski definition) is 5. The zero-order valence-electron chi connectivity index (χ0n) is 8.07. The second-order valence-electron chi connectivity index (χ2n) is 2.99. The van der Waals surface area contributed by atoms with E-state index in [-0.39, 0.29) is 0 Å². The van der Waals surface area contributed by atoms with Crippen molar-refractivity contribution in [2.75, 3.05) is 5.32 Å². The van der Waals surface area contributed by atoms with Crippen LogP contribution in [0.5, 0.6) is 0 Å². The van der Waals surface area contributed by atoms with Crippen LogP contribution in [0, 0.1) is 13.8 Å². The predicted octanol–water partition coefficient (Wildman–Crippen LogP) is 2.83. The minimum Gasteiger partial charge on any atom is -0.355 e. The largest absolute Gasteiger partial charge is 0.355 e. The first-order valence-corrected chi connectivity index (χ1v) is 5.96. The normalized spacial score (nSPS) is 10.4. The first kappa shape index (κ1) is 9.61. The van der Waals surface area contributed by atoms with E-state index in [2.05, 4.69) is 34.6 Å². The Morgan fingerprint density at radius 3 is 2.64 bits per heavy atom. The van der Waals surface area contributed by atoms with E-state index in [9.17, 15) is 0 Å². The molecule has 0 amide bonds. The summed E-state index contributed by atoms with van der Waals surface area (Å²) in [6.07, 6.45) is 0. The van der Waals surface area contributed by atoms with Gasteiger partial charge in [-0.3, -0.25) is 0 Å². The van der Waals surface area contributed by atoms with Crippen LogP contribution in [0.2, 0.25) is 0 Å². The molecule has 0 spiro atoms. The lowest BCUT2D eigenvalue weighted by molar-refractivity contribution is 1.03. The maximum atomic E-state index is 4.00. The molecule has 0 atom stereocenters. The summed E-state index contributed by atoms with van der Waals surface area (Å²) in [6, 6.07) is 4.27. The summed E-state index contributed by atoms with van der Waals surface area (Å²) in [6.45, 7) is 4.91. The molecular weight excluding hydrogens is 214 g/mol. The zero-order chi connectivity index (χ0) is 9.97. The zero-order valence-corrected chi connectivity index (χ0v) is 9.71. The Balaban J connectivity index is 1.94. The topological polar surface area (TPSA) is 37.8 Å². The molecule has 2 rings (SSSR count). The van der Waals surface area contributed by atoms with Crippen LogP contribution in [-0.4, -0.2) is 10.2 Å². The average molecular weight is 225 g/mol. The summed E-state index contributed by atoms with van der Waals surface area (Å²) in [5.74, 6) is 0. The molecule has 0 aromatic carbocycles. The van der Waals surface area contributed by atoms with Crippen LogP contribution in [0.1, 0.15) is 14.8 Å². The molecule has 5 heteroatoms. The van der Waals surface area contributed by atoms with E-state index >= 15 is 0 Å². The van der Waals surface area contributed by atoms with Crippen molar-refractivity contribution in [1.82, 2.24) is 10.2 Å². The minimum absolute atomic E-state index is 0.840. The Bertz CT molecular complexity index is 379. The maximum absolute atomic E-state index is 4.00. The van der Waals surface area contributed by atoms with Gasteiger partial charge in [-0.05, 0) is 26.0 Å². The van der Waals surface area contributed by atoms with Crippen LogP contribution < -0.4 is 5.32 Å². The molecule has 0 saturated heterocycles. The Morgan fingerprint density at radius 2 is 2.07 bits per heavy atom. The summed E-state index contributed by atoms with van der Waals surface area (Å²) < 4.78 is 0. The number of nitrogens with zero attached hydrogens (tertiary/aromatic N) is 2. The highest BCUT2D eigenvalue weighted by molar-refractivity contribution is 7.15. The van der Waals surface area contributed by atoms with Gasteiger partial charge in [0.05, 0.1) is 6.54 Å². The molecule has 0 unspecified atom stereocenters. The van der Waals surface area contributed by atoms with Crippen molar-refractivity contribution >= 4 is 27.8 Å². The third-order valence-electron chi connectivity index (χ3n) is 1.74. The van der Waals surface area contributed by atoms with Crippen LogP contribution >= 0.6 is 22.7 Å². The van der Waals surface area contributed by atoms with Gasteiger partial charge in [-0.1, -0.05) is 11.3 Å². The smallest absolute Gasteiger partial charge is 0.205 e. The first-order valence-electron chi connectivity index (χ1n) is 4.33. The SMILES string of the molecule is Cc1ccc(CNc2nnc(C)s2)s1. The first-order chi connectivity index (χ1) is 6.74. The molecule has 0 fully saturated rings. The fourth-order valence-corrected chi connectivity index (χ4v) is 2.53. The Kier molecular flexibility index (Phi) is 2.79. The number of aryl methyl sites for hydroxylation is 2. The Labute approximate surface area is 90.8 Å². The molecule has 0 aliphatic carbocycles. The highest BCUT2D eigenvalue weighted by Crippen LogP contribution is 2.18. The molecule has 2 aromatic heterocycles. The van der Waals surface area contributed by atoms with E-state index in [1.807, 2.05) is 18.3 Å². The number of rotatable bonds is 3. The van der Waals surface area contributed by atoms with Gasteiger partial charge in [0.25, 0.3) is 0 Å². The minimum atomic E-state index is 0.840. The molecule has 3 nitrogen and oxygen atoms in total. The summed E-state index contributed by atoms with van der Waals surface area (Å²) in [7, 11) is 0. The van der Waals surface area contributed by atoms with Crippen molar-refractivity contribution in [3.63, 3.8) is 0 Å². The Hall–Kier alpha value is -0.940. The lowest BCUT2D eigenvalue weighted by Gasteiger charge is -1.97. The molecule has 0 bridgehead atoms. The van der Waals surface area contributed by atoms with E-state index < -0.39 is 0 Å². The van der Waals surface area contributed by atoms with Crippen LogP contribution in [0.3, 0.4) is 0 Å².